The molecule has 0 heterocycles. The number of anilines is 1. The number of nitrogens with zero attached hydrogens (tertiary/aromatic N) is 1. The number of hydrogen-bond acceptors (Lipinski definition) is 3. The molecule has 3 N–H and O–H groups in total. The van der Waals surface area contributed by atoms with E-state index in [0.717, 1.165) is 28.3 Å². The first-order chi connectivity index (χ1) is 8.99. The van der Waals surface area contributed by atoms with Gasteiger partial charge in [-0.15, -0.1) is 0 Å². The van der Waals surface area contributed by atoms with Gasteiger partial charge in [0.2, 0.25) is 0 Å². The Balaban J connectivity index is 2.00. The van der Waals surface area contributed by atoms with Gasteiger partial charge in [-0.2, -0.15) is 0 Å². The van der Waals surface area contributed by atoms with Crippen molar-refractivity contribution < 1.29 is 0 Å². The summed E-state index contributed by atoms with van der Waals surface area (Å²) in [6.45, 7) is 3.13. The zero-order valence-corrected chi connectivity index (χ0v) is 13.7. The van der Waals surface area contributed by atoms with Crippen molar-refractivity contribution in [3.63, 3.8) is 0 Å². The Morgan fingerprint density at radius 2 is 2.26 bits per heavy atom. The molecule has 0 amide bonds. The van der Waals surface area contributed by atoms with Crippen LogP contribution in [0.4, 0.5) is 5.69 Å². The number of nitrogens with one attached hydrogen (secondary N) is 1. The zero-order chi connectivity index (χ0) is 14.0. The highest BCUT2D eigenvalue weighted by atomic mass is 79.9. The SMILES string of the molecule is CC(CNc1ccc(Br)cc1C(N)=S)N(C)C1CC1. The first-order valence-corrected chi connectivity index (χ1v) is 7.74. The summed E-state index contributed by atoms with van der Waals surface area (Å²) in [7, 11) is 2.19. The molecular weight excluding hydrogens is 322 g/mol. The van der Waals surface area contributed by atoms with Crippen LogP contribution >= 0.6 is 28.1 Å². The van der Waals surface area contributed by atoms with Crippen molar-refractivity contribution >= 4 is 38.8 Å². The summed E-state index contributed by atoms with van der Waals surface area (Å²) in [5.41, 5.74) is 7.67. The first-order valence-electron chi connectivity index (χ1n) is 6.54. The molecule has 1 aliphatic carbocycles. The van der Waals surface area contributed by atoms with Crippen LogP contribution in [0.2, 0.25) is 0 Å². The Labute approximate surface area is 128 Å². The van der Waals surface area contributed by atoms with Crippen molar-refractivity contribution in [2.45, 2.75) is 31.8 Å². The second-order valence-corrected chi connectivity index (χ2v) is 6.54. The maximum absolute atomic E-state index is 5.77. The van der Waals surface area contributed by atoms with E-state index >= 15 is 0 Å². The zero-order valence-electron chi connectivity index (χ0n) is 11.3. The number of thiocarbonyl (C=S) groups is 1. The highest BCUT2D eigenvalue weighted by molar-refractivity contribution is 9.10. The van der Waals surface area contributed by atoms with Crippen LogP contribution in [-0.4, -0.2) is 35.6 Å². The molecule has 1 fully saturated rings. The van der Waals surface area contributed by atoms with Gasteiger partial charge in [0, 0.05) is 34.4 Å². The molecule has 1 aliphatic rings. The molecule has 0 radical (unpaired) electrons. The minimum atomic E-state index is 0.423. The van der Waals surface area contributed by atoms with Gasteiger partial charge in [0.25, 0.3) is 0 Å². The molecule has 1 aromatic rings. The maximum atomic E-state index is 5.77. The molecule has 0 bridgehead atoms. The summed E-state index contributed by atoms with van der Waals surface area (Å²) < 4.78 is 0.990. The highest BCUT2D eigenvalue weighted by Crippen LogP contribution is 2.27. The van der Waals surface area contributed by atoms with Gasteiger partial charge in [-0.3, -0.25) is 4.90 Å². The minimum Gasteiger partial charge on any atom is -0.389 e. The van der Waals surface area contributed by atoms with Gasteiger partial charge in [0.05, 0.1) is 0 Å². The number of likely N-dealkylation sites (N-methyl/N-ethyl adjacent to an activating group) is 1. The van der Waals surface area contributed by atoms with Gasteiger partial charge in [0.1, 0.15) is 4.99 Å². The standard InChI is InChI=1S/C14H20BrN3S/c1-9(18(2)11-4-5-11)8-17-13-6-3-10(15)7-12(13)14(16)19/h3,6-7,9,11,17H,4-5,8H2,1-2H3,(H2,16,19). The molecule has 1 unspecified atom stereocenters. The summed E-state index contributed by atoms with van der Waals surface area (Å²) in [5.74, 6) is 0. The van der Waals surface area contributed by atoms with Crippen LogP contribution in [0.5, 0.6) is 0 Å². The van der Waals surface area contributed by atoms with Crippen LogP contribution in [0.3, 0.4) is 0 Å². The highest BCUT2D eigenvalue weighted by Gasteiger charge is 2.28. The molecule has 19 heavy (non-hydrogen) atoms. The minimum absolute atomic E-state index is 0.423. The summed E-state index contributed by atoms with van der Waals surface area (Å²) in [4.78, 5) is 2.86. The summed E-state index contributed by atoms with van der Waals surface area (Å²) in [5, 5.41) is 3.46. The van der Waals surface area contributed by atoms with Crippen molar-refractivity contribution in [1.82, 2.24) is 4.90 Å². The molecule has 1 atom stereocenters. The van der Waals surface area contributed by atoms with Crippen LogP contribution < -0.4 is 11.1 Å². The third kappa shape index (κ3) is 3.91. The first kappa shape index (κ1) is 14.8. The van der Waals surface area contributed by atoms with E-state index in [9.17, 15) is 0 Å². The van der Waals surface area contributed by atoms with Crippen molar-refractivity contribution in [3.8, 4) is 0 Å². The quantitative estimate of drug-likeness (QED) is 0.780. The molecule has 1 saturated carbocycles. The fraction of sp³-hybridized carbons (Fsp3) is 0.500. The normalized spacial score (nSPS) is 16.4. The summed E-state index contributed by atoms with van der Waals surface area (Å²) >= 11 is 8.54. The van der Waals surface area contributed by atoms with Crippen LogP contribution in [-0.2, 0) is 0 Å². The van der Waals surface area contributed by atoms with Crippen molar-refractivity contribution in [2.24, 2.45) is 5.73 Å². The lowest BCUT2D eigenvalue weighted by molar-refractivity contribution is 0.257. The predicted molar refractivity (Wildman–Crippen MR) is 88.8 cm³/mol. The van der Waals surface area contributed by atoms with E-state index in [-0.39, 0.29) is 0 Å². The maximum Gasteiger partial charge on any atom is 0.106 e. The molecule has 0 saturated heterocycles. The Hall–Kier alpha value is -0.650. The van der Waals surface area contributed by atoms with Gasteiger partial charge >= 0.3 is 0 Å². The van der Waals surface area contributed by atoms with E-state index in [4.69, 9.17) is 18.0 Å². The third-order valence-electron chi connectivity index (χ3n) is 3.65. The Morgan fingerprint density at radius 3 is 2.84 bits per heavy atom. The number of benzene rings is 1. The predicted octanol–water partition coefficient (Wildman–Crippen LogP) is 2.98. The van der Waals surface area contributed by atoms with Crippen LogP contribution in [0.1, 0.15) is 25.3 Å². The van der Waals surface area contributed by atoms with E-state index in [1.165, 1.54) is 12.8 Å². The second-order valence-electron chi connectivity index (χ2n) is 5.18. The summed E-state index contributed by atoms with van der Waals surface area (Å²) in [6, 6.07) is 7.24. The second kappa shape index (κ2) is 6.20. The van der Waals surface area contributed by atoms with E-state index in [2.05, 4.69) is 40.1 Å². The van der Waals surface area contributed by atoms with E-state index in [1.807, 2.05) is 18.2 Å². The monoisotopic (exact) mass is 341 g/mol. The molecule has 1 aromatic carbocycles. The van der Waals surface area contributed by atoms with Crippen LogP contribution in [0, 0.1) is 0 Å². The van der Waals surface area contributed by atoms with Crippen molar-refractivity contribution in [2.75, 3.05) is 18.9 Å². The van der Waals surface area contributed by atoms with Crippen LogP contribution in [0.25, 0.3) is 0 Å². The Bertz CT molecular complexity index is 474. The van der Waals surface area contributed by atoms with Gasteiger partial charge in [-0.1, -0.05) is 28.1 Å². The molecule has 0 aromatic heterocycles. The Morgan fingerprint density at radius 1 is 1.58 bits per heavy atom. The molecule has 2 rings (SSSR count). The van der Waals surface area contributed by atoms with E-state index in [0.29, 0.717) is 11.0 Å². The fourth-order valence-electron chi connectivity index (χ4n) is 2.12. The molecule has 0 aliphatic heterocycles. The molecule has 0 spiro atoms. The van der Waals surface area contributed by atoms with Gasteiger partial charge < -0.3 is 11.1 Å². The topological polar surface area (TPSA) is 41.3 Å². The van der Waals surface area contributed by atoms with Gasteiger partial charge in [-0.05, 0) is 45.0 Å². The largest absolute Gasteiger partial charge is 0.389 e. The lowest BCUT2D eigenvalue weighted by atomic mass is 10.1. The average Bonchev–Trinajstić information content (AvgIpc) is 3.20. The molecule has 104 valence electrons. The van der Waals surface area contributed by atoms with Crippen LogP contribution in [0.15, 0.2) is 22.7 Å². The Kier molecular flexibility index (Phi) is 4.81. The molecule has 3 nitrogen and oxygen atoms in total. The third-order valence-corrected chi connectivity index (χ3v) is 4.37. The number of rotatable bonds is 6. The number of halogens is 1. The smallest absolute Gasteiger partial charge is 0.106 e. The van der Waals surface area contributed by atoms with E-state index in [1.54, 1.807) is 0 Å². The average molecular weight is 342 g/mol. The van der Waals surface area contributed by atoms with E-state index < -0.39 is 0 Å². The fourth-order valence-corrected chi connectivity index (χ4v) is 2.65. The summed E-state index contributed by atoms with van der Waals surface area (Å²) in [6.07, 6.45) is 2.66. The van der Waals surface area contributed by atoms with Crippen molar-refractivity contribution in [3.05, 3.63) is 28.2 Å². The number of hydrogen-bond donors (Lipinski definition) is 2. The van der Waals surface area contributed by atoms with Gasteiger partial charge in [-0.25, -0.2) is 0 Å². The number of nitrogens with two attached hydrogens (primary N) is 1. The lowest BCUT2D eigenvalue weighted by Gasteiger charge is -2.25. The molecular formula is C14H20BrN3S. The van der Waals surface area contributed by atoms with Gasteiger partial charge in [0.15, 0.2) is 0 Å². The lowest BCUT2D eigenvalue weighted by Crippen LogP contribution is -2.36. The molecule has 5 heteroatoms. The van der Waals surface area contributed by atoms with Crippen molar-refractivity contribution in [1.29, 1.82) is 0 Å².